The van der Waals surface area contributed by atoms with Gasteiger partial charge in [-0.05, 0) is 26.2 Å². The summed E-state index contributed by atoms with van der Waals surface area (Å²) in [5.74, 6) is -0.104. The van der Waals surface area contributed by atoms with Crippen LogP contribution in [0.2, 0.25) is 0 Å². The van der Waals surface area contributed by atoms with Crippen molar-refractivity contribution in [2.75, 3.05) is 19.8 Å². The van der Waals surface area contributed by atoms with Crippen molar-refractivity contribution in [2.45, 2.75) is 64.6 Å². The number of unbranched alkanes of at least 4 members (excludes halogenated alkanes) is 2. The van der Waals surface area contributed by atoms with Gasteiger partial charge < -0.3 is 14.2 Å². The van der Waals surface area contributed by atoms with Crippen molar-refractivity contribution in [3.63, 3.8) is 0 Å². The van der Waals surface area contributed by atoms with Crippen LogP contribution in [0.4, 0.5) is 0 Å². The average molecular weight is 258 g/mol. The van der Waals surface area contributed by atoms with E-state index in [2.05, 4.69) is 13.8 Å². The van der Waals surface area contributed by atoms with Gasteiger partial charge in [0.1, 0.15) is 6.61 Å². The van der Waals surface area contributed by atoms with Gasteiger partial charge in [0, 0.05) is 13.0 Å². The zero-order valence-electron chi connectivity index (χ0n) is 11.7. The number of esters is 1. The van der Waals surface area contributed by atoms with Gasteiger partial charge >= 0.3 is 5.97 Å². The van der Waals surface area contributed by atoms with E-state index in [1.54, 1.807) is 0 Å². The molecule has 1 rings (SSSR count). The highest BCUT2D eigenvalue weighted by atomic mass is 16.6. The predicted molar refractivity (Wildman–Crippen MR) is 69.5 cm³/mol. The molecule has 4 heteroatoms. The Hall–Kier alpha value is -0.610. The smallest absolute Gasteiger partial charge is 0.305 e. The van der Waals surface area contributed by atoms with E-state index in [0.29, 0.717) is 31.8 Å². The van der Waals surface area contributed by atoms with E-state index in [1.165, 1.54) is 0 Å². The summed E-state index contributed by atoms with van der Waals surface area (Å²) in [6, 6.07) is 0. The average Bonchev–Trinajstić information content (AvgIpc) is 3.04. The molecule has 0 aromatic heterocycles. The maximum atomic E-state index is 11.2. The molecule has 0 spiro atoms. The van der Waals surface area contributed by atoms with Crippen molar-refractivity contribution in [3.8, 4) is 0 Å². The van der Waals surface area contributed by atoms with Gasteiger partial charge in [-0.3, -0.25) is 4.79 Å². The Morgan fingerprint density at radius 1 is 1.17 bits per heavy atom. The van der Waals surface area contributed by atoms with E-state index in [9.17, 15) is 4.79 Å². The zero-order chi connectivity index (χ0) is 13.2. The summed E-state index contributed by atoms with van der Waals surface area (Å²) in [7, 11) is 0. The topological polar surface area (TPSA) is 48.1 Å². The largest absolute Gasteiger partial charge is 0.463 e. The summed E-state index contributed by atoms with van der Waals surface area (Å²) >= 11 is 0. The van der Waals surface area contributed by atoms with Gasteiger partial charge in [-0.25, -0.2) is 0 Å². The number of epoxide rings is 1. The van der Waals surface area contributed by atoms with Crippen molar-refractivity contribution in [1.29, 1.82) is 0 Å². The Labute approximate surface area is 110 Å². The standard InChI is InChI=1S/C14H26O4/c1-3-4-5-8-14(15)17-11-10-16-9-6-7-13-12(2)18-13/h12-13H,3-11H2,1-2H3. The van der Waals surface area contributed by atoms with Gasteiger partial charge in [0.05, 0.1) is 18.8 Å². The van der Waals surface area contributed by atoms with Crippen LogP contribution >= 0.6 is 0 Å². The molecule has 2 unspecified atom stereocenters. The van der Waals surface area contributed by atoms with Crippen molar-refractivity contribution in [3.05, 3.63) is 0 Å². The number of rotatable bonds is 11. The minimum Gasteiger partial charge on any atom is -0.463 e. The molecule has 1 heterocycles. The highest BCUT2D eigenvalue weighted by Crippen LogP contribution is 2.25. The lowest BCUT2D eigenvalue weighted by Gasteiger charge is -2.05. The first kappa shape index (κ1) is 15.4. The summed E-state index contributed by atoms with van der Waals surface area (Å²) in [6.45, 7) is 5.80. The minimum absolute atomic E-state index is 0.104. The van der Waals surface area contributed by atoms with E-state index >= 15 is 0 Å². The number of hydrogen-bond acceptors (Lipinski definition) is 4. The van der Waals surface area contributed by atoms with Gasteiger partial charge in [-0.15, -0.1) is 0 Å². The molecule has 0 N–H and O–H groups in total. The maximum absolute atomic E-state index is 11.2. The van der Waals surface area contributed by atoms with E-state index < -0.39 is 0 Å². The van der Waals surface area contributed by atoms with Crippen LogP contribution in [-0.2, 0) is 19.0 Å². The monoisotopic (exact) mass is 258 g/mol. The van der Waals surface area contributed by atoms with Gasteiger partial charge in [0.15, 0.2) is 0 Å². The molecule has 1 saturated heterocycles. The fourth-order valence-electron chi connectivity index (χ4n) is 1.83. The van der Waals surface area contributed by atoms with Gasteiger partial charge in [-0.1, -0.05) is 19.8 Å². The van der Waals surface area contributed by atoms with Crippen LogP contribution in [0.5, 0.6) is 0 Å². The fourth-order valence-corrected chi connectivity index (χ4v) is 1.83. The van der Waals surface area contributed by atoms with Crippen LogP contribution in [0.1, 0.15) is 52.4 Å². The second-order valence-corrected chi connectivity index (χ2v) is 4.81. The summed E-state index contributed by atoms with van der Waals surface area (Å²) in [4.78, 5) is 11.2. The lowest BCUT2D eigenvalue weighted by molar-refractivity contribution is -0.145. The van der Waals surface area contributed by atoms with Crippen molar-refractivity contribution in [2.24, 2.45) is 0 Å². The molecule has 0 saturated carbocycles. The van der Waals surface area contributed by atoms with Crippen molar-refractivity contribution < 1.29 is 19.0 Å². The number of carbonyl (C=O) groups excluding carboxylic acids is 1. The van der Waals surface area contributed by atoms with Crippen LogP contribution in [0.15, 0.2) is 0 Å². The molecule has 0 aromatic rings. The van der Waals surface area contributed by atoms with Crippen molar-refractivity contribution >= 4 is 5.97 Å². The first-order valence-electron chi connectivity index (χ1n) is 7.13. The number of carbonyl (C=O) groups is 1. The highest BCUT2D eigenvalue weighted by Gasteiger charge is 2.32. The Morgan fingerprint density at radius 3 is 2.61 bits per heavy atom. The Bertz CT molecular complexity index is 230. The van der Waals surface area contributed by atoms with Gasteiger partial charge in [0.25, 0.3) is 0 Å². The zero-order valence-corrected chi connectivity index (χ0v) is 11.7. The van der Waals surface area contributed by atoms with Crippen LogP contribution in [0, 0.1) is 0 Å². The Balaban J connectivity index is 1.76. The molecule has 1 fully saturated rings. The molecule has 18 heavy (non-hydrogen) atoms. The van der Waals surface area contributed by atoms with E-state index in [1.807, 2.05) is 0 Å². The van der Waals surface area contributed by atoms with Gasteiger partial charge in [0.2, 0.25) is 0 Å². The Kier molecular flexibility index (Phi) is 8.01. The molecule has 1 aliphatic rings. The van der Waals surface area contributed by atoms with Gasteiger partial charge in [-0.2, -0.15) is 0 Å². The van der Waals surface area contributed by atoms with Crippen molar-refractivity contribution in [1.82, 2.24) is 0 Å². The van der Waals surface area contributed by atoms with E-state index in [-0.39, 0.29) is 5.97 Å². The molecule has 0 amide bonds. The first-order chi connectivity index (χ1) is 8.74. The molecular weight excluding hydrogens is 232 g/mol. The van der Waals surface area contributed by atoms with E-state index in [4.69, 9.17) is 14.2 Å². The lowest BCUT2D eigenvalue weighted by Crippen LogP contribution is -2.11. The van der Waals surface area contributed by atoms with Crippen LogP contribution in [-0.4, -0.2) is 38.0 Å². The maximum Gasteiger partial charge on any atom is 0.305 e. The normalized spacial score (nSPS) is 21.9. The second-order valence-electron chi connectivity index (χ2n) is 4.81. The summed E-state index contributed by atoms with van der Waals surface area (Å²) in [5, 5.41) is 0. The molecule has 106 valence electrons. The molecular formula is C14H26O4. The molecule has 0 bridgehead atoms. The molecule has 2 atom stereocenters. The SMILES string of the molecule is CCCCCC(=O)OCCOCCCC1OC1C. The Morgan fingerprint density at radius 2 is 1.94 bits per heavy atom. The number of ether oxygens (including phenoxy) is 3. The molecule has 1 aliphatic heterocycles. The highest BCUT2D eigenvalue weighted by molar-refractivity contribution is 5.69. The summed E-state index contributed by atoms with van der Waals surface area (Å²) in [6.07, 6.45) is 6.64. The molecule has 0 radical (unpaired) electrons. The van der Waals surface area contributed by atoms with Crippen LogP contribution in [0.3, 0.4) is 0 Å². The lowest BCUT2D eigenvalue weighted by atomic mass is 10.2. The summed E-state index contributed by atoms with van der Waals surface area (Å²) in [5.41, 5.74) is 0. The molecule has 0 aliphatic carbocycles. The second kappa shape index (κ2) is 9.34. The molecule has 4 nitrogen and oxygen atoms in total. The minimum atomic E-state index is -0.104. The quantitative estimate of drug-likeness (QED) is 0.325. The third-order valence-corrected chi connectivity index (χ3v) is 3.09. The van der Waals surface area contributed by atoms with Crippen LogP contribution in [0.25, 0.3) is 0 Å². The first-order valence-corrected chi connectivity index (χ1v) is 7.13. The third-order valence-electron chi connectivity index (χ3n) is 3.09. The molecule has 0 aromatic carbocycles. The summed E-state index contributed by atoms with van der Waals surface area (Å²) < 4.78 is 15.7. The number of hydrogen-bond donors (Lipinski definition) is 0. The predicted octanol–water partition coefficient (Wildman–Crippen LogP) is 2.69. The third kappa shape index (κ3) is 7.67. The van der Waals surface area contributed by atoms with E-state index in [0.717, 1.165) is 38.7 Å². The fraction of sp³-hybridized carbons (Fsp3) is 0.929. The van der Waals surface area contributed by atoms with Crippen LogP contribution < -0.4 is 0 Å².